The first-order valence-corrected chi connectivity index (χ1v) is 7.30. The van der Waals surface area contributed by atoms with Crippen molar-refractivity contribution in [3.8, 4) is 17.4 Å². The van der Waals surface area contributed by atoms with Gasteiger partial charge in [-0.1, -0.05) is 23.7 Å². The van der Waals surface area contributed by atoms with Gasteiger partial charge in [-0.2, -0.15) is 0 Å². The van der Waals surface area contributed by atoms with Gasteiger partial charge in [0.1, 0.15) is 0 Å². The Hall–Kier alpha value is -2.34. The number of nitrogens with zero attached hydrogens (tertiary/aromatic N) is 1. The Balaban J connectivity index is 2.18. The molecule has 5 nitrogen and oxygen atoms in total. The normalized spacial score (nSPS) is 11.7. The summed E-state index contributed by atoms with van der Waals surface area (Å²) in [5.41, 5.74) is 0. The zero-order valence-electron chi connectivity index (χ0n) is 12.6. The molecule has 0 saturated carbocycles. The van der Waals surface area contributed by atoms with Gasteiger partial charge in [-0.15, -0.1) is 0 Å². The van der Waals surface area contributed by atoms with Gasteiger partial charge in [0.05, 0.1) is 11.6 Å². The van der Waals surface area contributed by atoms with Crippen molar-refractivity contribution in [1.29, 1.82) is 0 Å². The molecule has 7 heteroatoms. The second-order valence-corrected chi connectivity index (χ2v) is 4.94. The maximum Gasteiger partial charge on any atom is 0.347 e. The SMILES string of the molecule is CCOC(=O)C(C)Oc1ccccc1Oc1ncc(Cl)cc1F. The van der Waals surface area contributed by atoms with Crippen molar-refractivity contribution in [3.05, 3.63) is 47.4 Å². The summed E-state index contributed by atoms with van der Waals surface area (Å²) in [5, 5.41) is 0.162. The van der Waals surface area contributed by atoms with E-state index in [1.54, 1.807) is 38.1 Å². The molecule has 0 aliphatic rings. The number of esters is 1. The van der Waals surface area contributed by atoms with Crippen LogP contribution < -0.4 is 9.47 Å². The smallest absolute Gasteiger partial charge is 0.347 e. The molecule has 0 radical (unpaired) electrons. The molecule has 0 aliphatic heterocycles. The Kier molecular flexibility index (Phi) is 5.76. The molecule has 1 atom stereocenters. The molecule has 2 aromatic rings. The minimum absolute atomic E-state index is 0.162. The molecule has 1 unspecified atom stereocenters. The predicted octanol–water partition coefficient (Wildman–Crippen LogP) is 4.00. The van der Waals surface area contributed by atoms with E-state index in [0.717, 1.165) is 6.07 Å². The van der Waals surface area contributed by atoms with Gasteiger partial charge < -0.3 is 14.2 Å². The van der Waals surface area contributed by atoms with E-state index < -0.39 is 17.9 Å². The lowest BCUT2D eigenvalue weighted by atomic mass is 10.3. The minimum atomic E-state index is -0.831. The van der Waals surface area contributed by atoms with Crippen molar-refractivity contribution in [1.82, 2.24) is 4.98 Å². The van der Waals surface area contributed by atoms with E-state index in [0.29, 0.717) is 0 Å². The molecule has 1 aromatic heterocycles. The van der Waals surface area contributed by atoms with Crippen LogP contribution in [0.3, 0.4) is 0 Å². The van der Waals surface area contributed by atoms with Gasteiger partial charge in [0.2, 0.25) is 0 Å². The summed E-state index contributed by atoms with van der Waals surface area (Å²) in [5.74, 6) is -0.959. The molecule has 2 rings (SSSR count). The summed E-state index contributed by atoms with van der Waals surface area (Å²) in [7, 11) is 0. The van der Waals surface area contributed by atoms with E-state index in [1.807, 2.05) is 0 Å². The standard InChI is InChI=1S/C16H15ClFNO4/c1-3-21-16(20)10(2)22-13-6-4-5-7-14(13)23-15-12(18)8-11(17)9-19-15/h4-10H,3H2,1-2H3. The van der Waals surface area contributed by atoms with Crippen LogP contribution in [0.25, 0.3) is 0 Å². The van der Waals surface area contributed by atoms with Crippen LogP contribution in [-0.4, -0.2) is 23.7 Å². The monoisotopic (exact) mass is 339 g/mol. The number of carbonyl (C=O) groups excluding carboxylic acids is 1. The number of halogens is 2. The lowest BCUT2D eigenvalue weighted by Gasteiger charge is -2.16. The second kappa shape index (κ2) is 7.78. The highest BCUT2D eigenvalue weighted by molar-refractivity contribution is 6.30. The summed E-state index contributed by atoms with van der Waals surface area (Å²) in [6, 6.07) is 7.65. The van der Waals surface area contributed by atoms with Gasteiger partial charge in [0.15, 0.2) is 23.4 Å². The summed E-state index contributed by atoms with van der Waals surface area (Å²) in [6.07, 6.45) is 0.438. The van der Waals surface area contributed by atoms with Crippen LogP contribution in [0.4, 0.5) is 4.39 Å². The summed E-state index contributed by atoms with van der Waals surface area (Å²) in [4.78, 5) is 15.4. The average Bonchev–Trinajstić information content (AvgIpc) is 2.52. The molecule has 23 heavy (non-hydrogen) atoms. The number of rotatable bonds is 6. The largest absolute Gasteiger partial charge is 0.475 e. The molecular formula is C16H15ClFNO4. The highest BCUT2D eigenvalue weighted by atomic mass is 35.5. The lowest BCUT2D eigenvalue weighted by molar-refractivity contribution is -0.150. The van der Waals surface area contributed by atoms with E-state index in [2.05, 4.69) is 4.98 Å². The van der Waals surface area contributed by atoms with E-state index in [4.69, 9.17) is 25.8 Å². The summed E-state index contributed by atoms with van der Waals surface area (Å²) < 4.78 is 29.6. The maximum atomic E-state index is 13.8. The Bertz CT molecular complexity index is 696. The van der Waals surface area contributed by atoms with Crippen LogP contribution in [0.15, 0.2) is 36.5 Å². The third-order valence-electron chi connectivity index (χ3n) is 2.75. The lowest BCUT2D eigenvalue weighted by Crippen LogP contribution is -2.26. The maximum absolute atomic E-state index is 13.8. The van der Waals surface area contributed by atoms with Gasteiger partial charge in [-0.05, 0) is 32.0 Å². The number of para-hydroxylation sites is 2. The molecule has 0 spiro atoms. The van der Waals surface area contributed by atoms with Crippen LogP contribution in [-0.2, 0) is 9.53 Å². The number of hydrogen-bond acceptors (Lipinski definition) is 5. The number of carbonyl (C=O) groups is 1. The Morgan fingerprint density at radius 2 is 2.04 bits per heavy atom. The van der Waals surface area contributed by atoms with Crippen LogP contribution in [0.5, 0.6) is 17.4 Å². The van der Waals surface area contributed by atoms with Crippen LogP contribution in [0, 0.1) is 5.82 Å². The second-order valence-electron chi connectivity index (χ2n) is 4.50. The fraction of sp³-hybridized carbons (Fsp3) is 0.250. The summed E-state index contributed by atoms with van der Waals surface area (Å²) in [6.45, 7) is 3.51. The zero-order valence-corrected chi connectivity index (χ0v) is 13.3. The van der Waals surface area contributed by atoms with Gasteiger partial charge >= 0.3 is 5.97 Å². The fourth-order valence-electron chi connectivity index (χ4n) is 1.71. The number of benzene rings is 1. The molecular weight excluding hydrogens is 325 g/mol. The first-order valence-electron chi connectivity index (χ1n) is 6.92. The van der Waals surface area contributed by atoms with Crippen LogP contribution in [0.1, 0.15) is 13.8 Å². The van der Waals surface area contributed by atoms with Crippen molar-refractivity contribution in [2.75, 3.05) is 6.61 Å². The van der Waals surface area contributed by atoms with E-state index in [-0.39, 0.29) is 29.0 Å². The molecule has 0 bridgehead atoms. The van der Waals surface area contributed by atoms with Crippen molar-refractivity contribution in [2.45, 2.75) is 20.0 Å². The highest BCUT2D eigenvalue weighted by Crippen LogP contribution is 2.32. The van der Waals surface area contributed by atoms with Gasteiger partial charge in [-0.3, -0.25) is 0 Å². The van der Waals surface area contributed by atoms with Gasteiger partial charge in [0.25, 0.3) is 5.88 Å². The molecule has 0 N–H and O–H groups in total. The molecule has 0 saturated heterocycles. The third kappa shape index (κ3) is 4.56. The van der Waals surface area contributed by atoms with Crippen molar-refractivity contribution in [2.24, 2.45) is 0 Å². The Morgan fingerprint density at radius 3 is 2.70 bits per heavy atom. The van der Waals surface area contributed by atoms with Crippen LogP contribution >= 0.6 is 11.6 Å². The van der Waals surface area contributed by atoms with Crippen molar-refractivity contribution < 1.29 is 23.4 Å². The molecule has 1 aromatic carbocycles. The molecule has 0 aliphatic carbocycles. The van der Waals surface area contributed by atoms with E-state index in [1.165, 1.54) is 6.20 Å². The number of hydrogen-bond donors (Lipinski definition) is 0. The zero-order chi connectivity index (χ0) is 16.8. The first kappa shape index (κ1) is 17.0. The van der Waals surface area contributed by atoms with Gasteiger partial charge in [-0.25, -0.2) is 14.2 Å². The van der Waals surface area contributed by atoms with Crippen LogP contribution in [0.2, 0.25) is 5.02 Å². The number of pyridine rings is 1. The molecule has 0 amide bonds. The third-order valence-corrected chi connectivity index (χ3v) is 2.96. The highest BCUT2D eigenvalue weighted by Gasteiger charge is 2.18. The predicted molar refractivity (Wildman–Crippen MR) is 82.4 cm³/mol. The van der Waals surface area contributed by atoms with Gasteiger partial charge in [0, 0.05) is 6.20 Å². The fourth-order valence-corrected chi connectivity index (χ4v) is 1.86. The quantitative estimate of drug-likeness (QED) is 0.745. The Morgan fingerprint density at radius 1 is 1.35 bits per heavy atom. The first-order chi connectivity index (χ1) is 11.0. The number of aromatic nitrogens is 1. The summed E-state index contributed by atoms with van der Waals surface area (Å²) >= 11 is 5.65. The minimum Gasteiger partial charge on any atom is -0.475 e. The average molecular weight is 340 g/mol. The topological polar surface area (TPSA) is 57.7 Å². The molecule has 1 heterocycles. The van der Waals surface area contributed by atoms with Crippen molar-refractivity contribution >= 4 is 17.6 Å². The molecule has 0 fully saturated rings. The van der Waals surface area contributed by atoms with E-state index >= 15 is 0 Å². The Labute approximate surface area is 138 Å². The van der Waals surface area contributed by atoms with Crippen molar-refractivity contribution in [3.63, 3.8) is 0 Å². The van der Waals surface area contributed by atoms with E-state index in [9.17, 15) is 9.18 Å². The molecule has 122 valence electrons. The number of ether oxygens (including phenoxy) is 3.